The Balaban J connectivity index is 2.29. The van der Waals surface area contributed by atoms with Gasteiger partial charge in [0.2, 0.25) is 0 Å². The van der Waals surface area contributed by atoms with Crippen molar-refractivity contribution in [2.45, 2.75) is 45.6 Å². The van der Waals surface area contributed by atoms with Crippen molar-refractivity contribution in [3.8, 4) is 0 Å². The first-order valence-electron chi connectivity index (χ1n) is 5.85. The summed E-state index contributed by atoms with van der Waals surface area (Å²) >= 11 is 0. The van der Waals surface area contributed by atoms with E-state index in [4.69, 9.17) is 0 Å². The van der Waals surface area contributed by atoms with Gasteiger partial charge in [-0.25, -0.2) is 0 Å². The first kappa shape index (κ1) is 11.2. The minimum absolute atomic E-state index is 0.0416. The third kappa shape index (κ3) is 1.96. The Hall–Kier alpha value is -1.32. The van der Waals surface area contributed by atoms with Crippen molar-refractivity contribution in [1.82, 2.24) is 9.78 Å². The summed E-state index contributed by atoms with van der Waals surface area (Å²) in [5.41, 5.74) is 2.03. The molecule has 0 aromatic carbocycles. The Morgan fingerprint density at radius 3 is 2.69 bits per heavy atom. The fraction of sp³-hybridized carbons (Fsp3) is 0.667. The highest BCUT2D eigenvalue weighted by atomic mass is 16.4. The molecule has 1 aromatic rings. The maximum absolute atomic E-state index is 11.2. The predicted molar refractivity (Wildman–Crippen MR) is 60.3 cm³/mol. The van der Waals surface area contributed by atoms with Crippen LogP contribution in [0.2, 0.25) is 0 Å². The van der Waals surface area contributed by atoms with Gasteiger partial charge in [-0.15, -0.1) is 0 Å². The number of aromatic nitrogens is 2. The van der Waals surface area contributed by atoms with Gasteiger partial charge in [-0.3, -0.25) is 9.48 Å². The highest BCUT2D eigenvalue weighted by Crippen LogP contribution is 2.34. The second-order valence-electron chi connectivity index (χ2n) is 4.67. The third-order valence-electron chi connectivity index (χ3n) is 3.41. The van der Waals surface area contributed by atoms with Crippen molar-refractivity contribution in [3.05, 3.63) is 17.5 Å². The van der Waals surface area contributed by atoms with E-state index >= 15 is 0 Å². The molecule has 4 nitrogen and oxygen atoms in total. The van der Waals surface area contributed by atoms with Crippen LogP contribution in [-0.4, -0.2) is 20.9 Å². The molecular weight excluding hydrogens is 204 g/mol. The van der Waals surface area contributed by atoms with Gasteiger partial charge in [0, 0.05) is 5.69 Å². The van der Waals surface area contributed by atoms with Gasteiger partial charge in [0.1, 0.15) is 0 Å². The Bertz CT molecular complexity index is 398. The summed E-state index contributed by atoms with van der Waals surface area (Å²) in [6.07, 6.45) is 3.83. The average Bonchev–Trinajstić information content (AvgIpc) is 2.57. The number of rotatable bonds is 2. The van der Waals surface area contributed by atoms with Crippen LogP contribution < -0.4 is 0 Å². The zero-order chi connectivity index (χ0) is 11.7. The van der Waals surface area contributed by atoms with Crippen LogP contribution in [0.25, 0.3) is 0 Å². The Labute approximate surface area is 95.3 Å². The van der Waals surface area contributed by atoms with Crippen molar-refractivity contribution in [2.75, 3.05) is 0 Å². The van der Waals surface area contributed by atoms with Crippen LogP contribution in [0, 0.1) is 19.8 Å². The zero-order valence-corrected chi connectivity index (χ0v) is 9.81. The summed E-state index contributed by atoms with van der Waals surface area (Å²) in [7, 11) is 0. The van der Waals surface area contributed by atoms with Crippen LogP contribution in [0.1, 0.15) is 43.1 Å². The smallest absolute Gasteiger partial charge is 0.308 e. The Morgan fingerprint density at radius 1 is 1.44 bits per heavy atom. The lowest BCUT2D eigenvalue weighted by Gasteiger charge is -2.29. The van der Waals surface area contributed by atoms with Gasteiger partial charge in [-0.2, -0.15) is 5.10 Å². The minimum atomic E-state index is -0.683. The van der Waals surface area contributed by atoms with Crippen LogP contribution in [0.5, 0.6) is 0 Å². The van der Waals surface area contributed by atoms with Gasteiger partial charge in [-0.05, 0) is 32.8 Å². The molecule has 0 bridgehead atoms. The van der Waals surface area contributed by atoms with Gasteiger partial charge in [0.05, 0.1) is 17.7 Å². The summed E-state index contributed by atoms with van der Waals surface area (Å²) in [6, 6.07) is 2.05. The van der Waals surface area contributed by atoms with Gasteiger partial charge in [-0.1, -0.05) is 12.8 Å². The Kier molecular flexibility index (Phi) is 2.99. The molecule has 1 fully saturated rings. The van der Waals surface area contributed by atoms with Crippen LogP contribution in [0.3, 0.4) is 0 Å². The monoisotopic (exact) mass is 222 g/mol. The van der Waals surface area contributed by atoms with Gasteiger partial charge >= 0.3 is 5.97 Å². The van der Waals surface area contributed by atoms with E-state index in [-0.39, 0.29) is 12.0 Å². The number of nitrogens with zero attached hydrogens (tertiary/aromatic N) is 2. The van der Waals surface area contributed by atoms with Gasteiger partial charge in [0.25, 0.3) is 0 Å². The number of carboxylic acid groups (broad SMARTS) is 1. The summed E-state index contributed by atoms with van der Waals surface area (Å²) in [5.74, 6) is -0.955. The topological polar surface area (TPSA) is 55.1 Å². The van der Waals surface area contributed by atoms with Crippen LogP contribution in [-0.2, 0) is 4.79 Å². The largest absolute Gasteiger partial charge is 0.481 e. The molecule has 1 aliphatic carbocycles. The number of hydrogen-bond donors (Lipinski definition) is 1. The minimum Gasteiger partial charge on any atom is -0.481 e. The molecule has 2 rings (SSSR count). The summed E-state index contributed by atoms with van der Waals surface area (Å²) < 4.78 is 1.91. The number of aliphatic carboxylic acids is 1. The van der Waals surface area contributed by atoms with Crippen molar-refractivity contribution in [2.24, 2.45) is 5.92 Å². The third-order valence-corrected chi connectivity index (χ3v) is 3.41. The average molecular weight is 222 g/mol. The number of carboxylic acids is 1. The predicted octanol–water partition coefficient (Wildman–Crippen LogP) is 2.32. The molecule has 88 valence electrons. The summed E-state index contributed by atoms with van der Waals surface area (Å²) in [4.78, 5) is 11.2. The first-order chi connectivity index (χ1) is 7.59. The van der Waals surface area contributed by atoms with Gasteiger partial charge < -0.3 is 5.11 Å². The van der Waals surface area contributed by atoms with Crippen LogP contribution in [0.4, 0.5) is 0 Å². The van der Waals surface area contributed by atoms with Crippen molar-refractivity contribution in [1.29, 1.82) is 0 Å². The molecule has 16 heavy (non-hydrogen) atoms. The normalized spacial score (nSPS) is 25.6. The molecule has 1 N–H and O–H groups in total. The fourth-order valence-electron chi connectivity index (χ4n) is 2.67. The maximum Gasteiger partial charge on any atom is 0.308 e. The second kappa shape index (κ2) is 4.28. The van der Waals surface area contributed by atoms with Crippen molar-refractivity contribution < 1.29 is 9.90 Å². The summed E-state index contributed by atoms with van der Waals surface area (Å²) in [5, 5.41) is 13.6. The number of aryl methyl sites for hydroxylation is 2. The van der Waals surface area contributed by atoms with Crippen molar-refractivity contribution in [3.63, 3.8) is 0 Å². The zero-order valence-electron chi connectivity index (χ0n) is 9.81. The second-order valence-corrected chi connectivity index (χ2v) is 4.67. The molecule has 0 spiro atoms. The van der Waals surface area contributed by atoms with Crippen LogP contribution >= 0.6 is 0 Å². The molecule has 1 heterocycles. The molecule has 0 amide bonds. The lowest BCUT2D eigenvalue weighted by molar-refractivity contribution is -0.144. The molecule has 1 aliphatic rings. The molecular formula is C12H18N2O2. The Morgan fingerprint density at radius 2 is 2.12 bits per heavy atom. The molecule has 0 aliphatic heterocycles. The van der Waals surface area contributed by atoms with E-state index in [1.165, 1.54) is 0 Å². The number of hydrogen-bond acceptors (Lipinski definition) is 2. The quantitative estimate of drug-likeness (QED) is 0.835. The van der Waals surface area contributed by atoms with E-state index in [9.17, 15) is 9.90 Å². The van der Waals surface area contributed by atoms with E-state index < -0.39 is 5.97 Å². The molecule has 4 heteroatoms. The van der Waals surface area contributed by atoms with Crippen LogP contribution in [0.15, 0.2) is 6.07 Å². The fourth-order valence-corrected chi connectivity index (χ4v) is 2.67. The lowest BCUT2D eigenvalue weighted by Crippen LogP contribution is -2.30. The molecule has 2 atom stereocenters. The van der Waals surface area contributed by atoms with E-state index in [0.29, 0.717) is 0 Å². The van der Waals surface area contributed by atoms with E-state index in [2.05, 4.69) is 5.10 Å². The first-order valence-corrected chi connectivity index (χ1v) is 5.85. The maximum atomic E-state index is 11.2. The van der Waals surface area contributed by atoms with Gasteiger partial charge in [0.15, 0.2) is 0 Å². The molecule has 0 saturated heterocycles. The highest BCUT2D eigenvalue weighted by Gasteiger charge is 2.33. The molecule has 1 aromatic heterocycles. The van der Waals surface area contributed by atoms with E-state index in [0.717, 1.165) is 37.1 Å². The number of carbonyl (C=O) groups is 1. The standard InChI is InChI=1S/C12H18N2O2/c1-8-7-9(2)14(13-8)11-6-4-3-5-10(11)12(15)16/h7,10-11H,3-6H2,1-2H3,(H,15,16). The SMILES string of the molecule is Cc1cc(C)n(C2CCCCC2C(=O)O)n1. The van der Waals surface area contributed by atoms with E-state index in [1.54, 1.807) is 0 Å². The lowest BCUT2D eigenvalue weighted by atomic mass is 9.84. The highest BCUT2D eigenvalue weighted by molar-refractivity contribution is 5.70. The summed E-state index contributed by atoms with van der Waals surface area (Å²) in [6.45, 7) is 3.94. The molecule has 1 saturated carbocycles. The van der Waals surface area contributed by atoms with Crippen molar-refractivity contribution >= 4 is 5.97 Å². The molecule has 0 radical (unpaired) electrons. The molecule has 2 unspecified atom stereocenters. The van der Waals surface area contributed by atoms with E-state index in [1.807, 2.05) is 24.6 Å².